The van der Waals surface area contributed by atoms with Crippen molar-refractivity contribution in [1.82, 2.24) is 15.1 Å². The highest BCUT2D eigenvalue weighted by atomic mass is 19.4. The third-order valence-corrected chi connectivity index (χ3v) is 7.33. The van der Waals surface area contributed by atoms with Gasteiger partial charge >= 0.3 is 6.18 Å². The Hall–Kier alpha value is -4.64. The van der Waals surface area contributed by atoms with Crippen molar-refractivity contribution in [3.8, 4) is 5.69 Å². The summed E-state index contributed by atoms with van der Waals surface area (Å²) in [6, 6.07) is 21.1. The van der Waals surface area contributed by atoms with E-state index in [2.05, 4.69) is 10.4 Å². The first kappa shape index (κ1) is 28.9. The lowest BCUT2D eigenvalue weighted by atomic mass is 9.41. The average molecular weight is 571 g/mol. The van der Waals surface area contributed by atoms with Crippen molar-refractivity contribution < 1.29 is 22.8 Å². The van der Waals surface area contributed by atoms with E-state index in [1.807, 2.05) is 61.5 Å². The molecule has 2 amide bonds. The van der Waals surface area contributed by atoms with Crippen LogP contribution in [0.1, 0.15) is 34.0 Å². The smallest absolute Gasteiger partial charge is 0.327 e. The maximum Gasteiger partial charge on any atom is 0.416 e. The van der Waals surface area contributed by atoms with E-state index in [4.69, 9.17) is 5.73 Å². The van der Waals surface area contributed by atoms with Gasteiger partial charge in [0.1, 0.15) is 5.82 Å². The second kappa shape index (κ2) is 12.1. The van der Waals surface area contributed by atoms with E-state index in [1.54, 1.807) is 16.9 Å². The molecule has 0 saturated heterocycles. The fourth-order valence-electron chi connectivity index (χ4n) is 5.25. The summed E-state index contributed by atoms with van der Waals surface area (Å²) >= 11 is 0. The Morgan fingerprint density at radius 2 is 1.79 bits per heavy atom. The van der Waals surface area contributed by atoms with Crippen LogP contribution in [0.2, 0.25) is 6.32 Å². The largest absolute Gasteiger partial charge is 0.416 e. The Bertz CT molecular complexity index is 1640. The molecule has 1 aliphatic heterocycles. The number of carbonyl (C=O) groups excluding carboxylic acids is 2. The topological polar surface area (TPSA) is 93.2 Å². The third kappa shape index (κ3) is 5.87. The maximum absolute atomic E-state index is 14.2. The number of alkyl halides is 3. The van der Waals surface area contributed by atoms with Gasteiger partial charge in [0.2, 0.25) is 6.71 Å². The van der Waals surface area contributed by atoms with Crippen LogP contribution < -0.4 is 21.4 Å². The molecule has 0 atom stereocenters. The zero-order chi connectivity index (χ0) is 29.9. The minimum Gasteiger partial charge on any atom is -0.327 e. The monoisotopic (exact) mass is 571 g/mol. The molecule has 7 nitrogen and oxygen atoms in total. The number of nitrogens with one attached hydrogen (secondary N) is 1. The molecule has 0 radical (unpaired) electrons. The van der Waals surface area contributed by atoms with Gasteiger partial charge in [-0.3, -0.25) is 14.5 Å². The second-order valence-electron chi connectivity index (χ2n) is 9.95. The molecule has 0 saturated carbocycles. The van der Waals surface area contributed by atoms with Crippen LogP contribution in [-0.4, -0.2) is 34.9 Å². The van der Waals surface area contributed by atoms with Gasteiger partial charge in [-0.05, 0) is 49.2 Å². The number of halogens is 3. The van der Waals surface area contributed by atoms with Gasteiger partial charge in [0.25, 0.3) is 11.8 Å². The number of carbonyl (C=O) groups is 2. The van der Waals surface area contributed by atoms with E-state index in [1.165, 1.54) is 17.0 Å². The predicted molar refractivity (Wildman–Crippen MR) is 157 cm³/mol. The minimum atomic E-state index is -4.62. The third-order valence-electron chi connectivity index (χ3n) is 7.33. The molecule has 5 rings (SSSR count). The number of aromatic nitrogens is 2. The van der Waals surface area contributed by atoms with Crippen LogP contribution in [0.3, 0.4) is 0 Å². The SMILES string of the molecule is CCN1C(=O)/C(NC(=O)c2cccc(C(F)(F)F)c2)=C\B(c2ccccc2CN)CCc2cnn(-c3ccccc3)c21. The van der Waals surface area contributed by atoms with Crippen molar-refractivity contribution >= 4 is 29.8 Å². The Labute approximate surface area is 241 Å². The standard InChI is InChI=1S/C31H29BF3N5O2/c1-2-39-29-23(20-37-40(29)25-12-4-3-5-13-25)15-16-32(26-14-7-6-9-22(26)19-36)18-27(30(39)42)38-28(41)21-10-8-11-24(17-21)31(33,34)35/h3-14,17-18,20H,2,15-16,19,36H2,1H3,(H,38,41)/b27-18+. The van der Waals surface area contributed by atoms with Crippen molar-refractivity contribution in [2.75, 3.05) is 11.4 Å². The van der Waals surface area contributed by atoms with Crippen molar-refractivity contribution in [3.63, 3.8) is 0 Å². The normalized spacial score (nSPS) is 15.3. The van der Waals surface area contributed by atoms with Crippen LogP contribution in [0.15, 0.2) is 96.7 Å². The molecule has 42 heavy (non-hydrogen) atoms. The molecular weight excluding hydrogens is 542 g/mol. The molecular formula is C31H29BF3N5O2. The van der Waals surface area contributed by atoms with Crippen LogP contribution in [0.5, 0.6) is 0 Å². The number of hydrogen-bond donors (Lipinski definition) is 2. The summed E-state index contributed by atoms with van der Waals surface area (Å²) in [6.07, 6.45) is -1.73. The molecule has 0 unspecified atom stereocenters. The summed E-state index contributed by atoms with van der Waals surface area (Å²) in [6.45, 7) is 2.02. The molecule has 3 N–H and O–H groups in total. The van der Waals surface area contributed by atoms with Crippen LogP contribution >= 0.6 is 0 Å². The molecule has 4 aromatic rings. The van der Waals surface area contributed by atoms with Gasteiger partial charge in [-0.1, -0.05) is 66.3 Å². The Kier molecular flexibility index (Phi) is 8.30. The van der Waals surface area contributed by atoms with Crippen LogP contribution in [-0.2, 0) is 23.9 Å². The summed E-state index contributed by atoms with van der Waals surface area (Å²) in [5, 5.41) is 7.25. The van der Waals surface area contributed by atoms with E-state index >= 15 is 0 Å². The van der Waals surface area contributed by atoms with E-state index in [-0.39, 0.29) is 31.1 Å². The molecule has 0 fully saturated rings. The van der Waals surface area contributed by atoms with Crippen LogP contribution in [0.4, 0.5) is 19.0 Å². The molecule has 11 heteroatoms. The molecule has 2 heterocycles. The average Bonchev–Trinajstić information content (AvgIpc) is 3.43. The van der Waals surface area contributed by atoms with E-state index in [9.17, 15) is 22.8 Å². The Morgan fingerprint density at radius 1 is 1.05 bits per heavy atom. The molecule has 0 spiro atoms. The van der Waals surface area contributed by atoms with Gasteiger partial charge in [-0.2, -0.15) is 18.3 Å². The number of amides is 2. The van der Waals surface area contributed by atoms with Crippen molar-refractivity contribution in [1.29, 1.82) is 0 Å². The number of fused-ring (bicyclic) bond motifs is 1. The first-order chi connectivity index (χ1) is 20.2. The van der Waals surface area contributed by atoms with Gasteiger partial charge in [0, 0.05) is 24.2 Å². The number of benzene rings is 3. The highest BCUT2D eigenvalue weighted by molar-refractivity contribution is 6.78. The molecule has 214 valence electrons. The van der Waals surface area contributed by atoms with Gasteiger partial charge < -0.3 is 11.1 Å². The lowest BCUT2D eigenvalue weighted by Crippen LogP contribution is -2.41. The van der Waals surface area contributed by atoms with Gasteiger partial charge in [0.15, 0.2) is 0 Å². The summed E-state index contributed by atoms with van der Waals surface area (Å²) in [5.74, 6) is 0.935. The fraction of sp³-hybridized carbons (Fsp3) is 0.194. The number of nitrogens with two attached hydrogens (primary N) is 1. The highest BCUT2D eigenvalue weighted by Gasteiger charge is 2.33. The van der Waals surface area contributed by atoms with E-state index in [0.717, 1.165) is 34.4 Å². The lowest BCUT2D eigenvalue weighted by molar-refractivity contribution is -0.137. The highest BCUT2D eigenvalue weighted by Crippen LogP contribution is 2.31. The summed E-state index contributed by atoms with van der Waals surface area (Å²) in [7, 11) is 0. The van der Waals surface area contributed by atoms with Crippen molar-refractivity contribution in [3.05, 3.63) is 119 Å². The Balaban J connectivity index is 1.62. The number of aryl methyl sites for hydroxylation is 1. The molecule has 1 aliphatic rings. The van der Waals surface area contributed by atoms with Gasteiger partial charge in [-0.15, -0.1) is 0 Å². The zero-order valence-electron chi connectivity index (χ0n) is 22.9. The lowest BCUT2D eigenvalue weighted by Gasteiger charge is -2.24. The first-order valence-electron chi connectivity index (χ1n) is 13.6. The number of para-hydroxylation sites is 1. The van der Waals surface area contributed by atoms with Crippen LogP contribution in [0, 0.1) is 0 Å². The fourth-order valence-corrected chi connectivity index (χ4v) is 5.25. The van der Waals surface area contributed by atoms with Crippen molar-refractivity contribution in [2.24, 2.45) is 5.73 Å². The molecule has 1 aromatic heterocycles. The van der Waals surface area contributed by atoms with Gasteiger partial charge in [-0.25, -0.2) is 4.68 Å². The molecule has 0 bridgehead atoms. The number of anilines is 1. The number of nitrogens with zero attached hydrogens (tertiary/aromatic N) is 3. The maximum atomic E-state index is 14.2. The zero-order valence-corrected chi connectivity index (χ0v) is 22.9. The Morgan fingerprint density at radius 3 is 2.50 bits per heavy atom. The second-order valence-corrected chi connectivity index (χ2v) is 9.95. The number of likely N-dealkylation sites (N-methyl/N-ethyl adjacent to an activating group) is 1. The number of hydrogen-bond acceptors (Lipinski definition) is 4. The summed E-state index contributed by atoms with van der Waals surface area (Å²) in [5.41, 5.74) is 8.24. The summed E-state index contributed by atoms with van der Waals surface area (Å²) in [4.78, 5) is 29.1. The summed E-state index contributed by atoms with van der Waals surface area (Å²) < 4.78 is 41.8. The molecule has 0 aliphatic carbocycles. The van der Waals surface area contributed by atoms with E-state index < -0.39 is 23.6 Å². The van der Waals surface area contributed by atoms with Gasteiger partial charge in [0.05, 0.1) is 23.1 Å². The van der Waals surface area contributed by atoms with E-state index in [0.29, 0.717) is 18.6 Å². The number of rotatable bonds is 6. The first-order valence-corrected chi connectivity index (χ1v) is 13.6. The quantitative estimate of drug-likeness (QED) is 0.333. The minimum absolute atomic E-state index is 0.0373. The van der Waals surface area contributed by atoms with Crippen LogP contribution in [0.25, 0.3) is 5.69 Å². The van der Waals surface area contributed by atoms with Crippen molar-refractivity contribution in [2.45, 2.75) is 32.4 Å². The molecule has 3 aromatic carbocycles. The predicted octanol–water partition coefficient (Wildman–Crippen LogP) is 4.51.